The first-order valence-electron chi connectivity index (χ1n) is 8.95. The molecule has 0 aliphatic carbocycles. The standard InChI is InChI=1S/C20H17FN4O3S/c1-12-6-7-13(10-15(12)21)25-18(27)14-4-2-3-5-16(14)23-20(25)29-11-17(26)24-9-8-22-19(24)28/h2-7,10H,8-9,11H2,1H3,(H,22,28). The lowest BCUT2D eigenvalue weighted by Crippen LogP contribution is -2.35. The molecule has 0 radical (unpaired) electrons. The molecule has 1 aliphatic heterocycles. The average molecular weight is 412 g/mol. The smallest absolute Gasteiger partial charge is 0.324 e. The number of nitrogens with zero attached hydrogens (tertiary/aromatic N) is 3. The van der Waals surface area contributed by atoms with Crippen molar-refractivity contribution in [2.24, 2.45) is 0 Å². The van der Waals surface area contributed by atoms with E-state index in [0.29, 0.717) is 35.2 Å². The highest BCUT2D eigenvalue weighted by molar-refractivity contribution is 7.99. The number of aromatic nitrogens is 2. The predicted molar refractivity (Wildman–Crippen MR) is 108 cm³/mol. The number of carbonyl (C=O) groups excluding carboxylic acids is 2. The summed E-state index contributed by atoms with van der Waals surface area (Å²) < 4.78 is 15.5. The number of carbonyl (C=O) groups is 2. The van der Waals surface area contributed by atoms with Crippen LogP contribution in [0.25, 0.3) is 16.6 Å². The molecule has 7 nitrogen and oxygen atoms in total. The molecule has 0 atom stereocenters. The Balaban J connectivity index is 1.77. The van der Waals surface area contributed by atoms with Crippen LogP contribution in [0.3, 0.4) is 0 Å². The highest BCUT2D eigenvalue weighted by Gasteiger charge is 2.26. The molecule has 4 rings (SSSR count). The zero-order valence-corrected chi connectivity index (χ0v) is 16.3. The van der Waals surface area contributed by atoms with Crippen molar-refractivity contribution >= 4 is 34.6 Å². The summed E-state index contributed by atoms with van der Waals surface area (Å²) in [6.07, 6.45) is 0. The summed E-state index contributed by atoms with van der Waals surface area (Å²) in [7, 11) is 0. The van der Waals surface area contributed by atoms with Gasteiger partial charge < -0.3 is 5.32 Å². The summed E-state index contributed by atoms with van der Waals surface area (Å²) in [6, 6.07) is 10.9. The number of hydrogen-bond acceptors (Lipinski definition) is 5. The maximum atomic E-state index is 14.2. The summed E-state index contributed by atoms with van der Waals surface area (Å²) >= 11 is 1.04. The fourth-order valence-corrected chi connectivity index (χ4v) is 3.96. The van der Waals surface area contributed by atoms with Crippen LogP contribution in [0.4, 0.5) is 9.18 Å². The molecule has 1 N–H and O–H groups in total. The second-order valence-corrected chi connectivity index (χ2v) is 7.49. The van der Waals surface area contributed by atoms with Crippen LogP contribution in [0.2, 0.25) is 0 Å². The highest BCUT2D eigenvalue weighted by atomic mass is 32.2. The summed E-state index contributed by atoms with van der Waals surface area (Å²) in [5, 5.41) is 3.22. The number of amides is 3. The molecular weight excluding hydrogens is 395 g/mol. The Kier molecular flexibility index (Phi) is 5.06. The van der Waals surface area contributed by atoms with Gasteiger partial charge in [0.1, 0.15) is 5.82 Å². The third-order valence-corrected chi connectivity index (χ3v) is 5.56. The maximum absolute atomic E-state index is 14.2. The van der Waals surface area contributed by atoms with Gasteiger partial charge in [-0.15, -0.1) is 0 Å². The molecule has 148 valence electrons. The lowest BCUT2D eigenvalue weighted by molar-refractivity contribution is -0.124. The minimum Gasteiger partial charge on any atom is -0.336 e. The van der Waals surface area contributed by atoms with Crippen molar-refractivity contribution in [1.29, 1.82) is 0 Å². The first kappa shape index (κ1) is 19.1. The molecule has 0 spiro atoms. The average Bonchev–Trinajstić information content (AvgIpc) is 3.14. The Labute approximate surface area is 169 Å². The molecule has 2 heterocycles. The summed E-state index contributed by atoms with van der Waals surface area (Å²) in [6.45, 7) is 2.35. The van der Waals surface area contributed by atoms with E-state index in [1.165, 1.54) is 10.6 Å². The predicted octanol–water partition coefficient (Wildman–Crippen LogP) is 2.48. The van der Waals surface area contributed by atoms with Crippen LogP contribution in [0.1, 0.15) is 5.56 Å². The summed E-state index contributed by atoms with van der Waals surface area (Å²) in [4.78, 5) is 42.8. The van der Waals surface area contributed by atoms with E-state index in [9.17, 15) is 18.8 Å². The number of thioether (sulfide) groups is 1. The molecule has 1 aliphatic rings. The minimum absolute atomic E-state index is 0.0768. The van der Waals surface area contributed by atoms with Crippen LogP contribution >= 0.6 is 11.8 Å². The van der Waals surface area contributed by atoms with E-state index in [2.05, 4.69) is 10.3 Å². The number of nitrogens with one attached hydrogen (secondary N) is 1. The largest absolute Gasteiger partial charge is 0.336 e. The van der Waals surface area contributed by atoms with Gasteiger partial charge in [0.15, 0.2) is 5.16 Å². The van der Waals surface area contributed by atoms with E-state index in [0.717, 1.165) is 16.7 Å². The van der Waals surface area contributed by atoms with Crippen LogP contribution in [-0.4, -0.2) is 45.2 Å². The monoisotopic (exact) mass is 412 g/mol. The Morgan fingerprint density at radius 3 is 2.76 bits per heavy atom. The fraction of sp³-hybridized carbons (Fsp3) is 0.200. The molecule has 1 saturated heterocycles. The fourth-order valence-electron chi connectivity index (χ4n) is 3.07. The first-order valence-corrected chi connectivity index (χ1v) is 9.93. The van der Waals surface area contributed by atoms with Crippen LogP contribution in [-0.2, 0) is 4.79 Å². The molecule has 1 aromatic heterocycles. The molecular formula is C20H17FN4O3S. The summed E-state index contributed by atoms with van der Waals surface area (Å²) in [5.74, 6) is -0.899. The van der Waals surface area contributed by atoms with Crippen molar-refractivity contribution in [3.8, 4) is 5.69 Å². The van der Waals surface area contributed by atoms with Crippen molar-refractivity contribution in [2.75, 3.05) is 18.8 Å². The number of hydrogen-bond donors (Lipinski definition) is 1. The van der Waals surface area contributed by atoms with Crippen LogP contribution in [0.15, 0.2) is 52.4 Å². The van der Waals surface area contributed by atoms with Gasteiger partial charge in [0.2, 0.25) is 5.91 Å². The van der Waals surface area contributed by atoms with Gasteiger partial charge in [-0.1, -0.05) is 30.0 Å². The van der Waals surface area contributed by atoms with Crippen molar-refractivity contribution in [1.82, 2.24) is 19.8 Å². The lowest BCUT2D eigenvalue weighted by atomic mass is 10.2. The number of aryl methyl sites for hydroxylation is 1. The summed E-state index contributed by atoms with van der Waals surface area (Å²) in [5.41, 5.74) is 0.910. The number of rotatable bonds is 4. The third kappa shape index (κ3) is 3.61. The minimum atomic E-state index is -0.441. The molecule has 1 fully saturated rings. The van der Waals surface area contributed by atoms with Gasteiger partial charge in [-0.05, 0) is 36.8 Å². The normalized spacial score (nSPS) is 13.7. The zero-order valence-electron chi connectivity index (χ0n) is 15.5. The van der Waals surface area contributed by atoms with E-state index >= 15 is 0 Å². The second kappa shape index (κ2) is 7.67. The number of fused-ring (bicyclic) bond motifs is 1. The van der Waals surface area contributed by atoms with Gasteiger partial charge in [-0.2, -0.15) is 0 Å². The number of urea groups is 1. The van der Waals surface area contributed by atoms with Crippen molar-refractivity contribution in [2.45, 2.75) is 12.1 Å². The van der Waals surface area contributed by atoms with Gasteiger partial charge in [-0.25, -0.2) is 14.2 Å². The van der Waals surface area contributed by atoms with Crippen molar-refractivity contribution in [3.63, 3.8) is 0 Å². The molecule has 9 heteroatoms. The van der Waals surface area contributed by atoms with Crippen LogP contribution in [0.5, 0.6) is 0 Å². The topological polar surface area (TPSA) is 84.3 Å². The quantitative estimate of drug-likeness (QED) is 0.526. The van der Waals surface area contributed by atoms with E-state index in [-0.39, 0.29) is 22.4 Å². The maximum Gasteiger partial charge on any atom is 0.324 e. The van der Waals surface area contributed by atoms with E-state index in [1.807, 2.05) is 0 Å². The molecule has 3 aromatic rings. The van der Waals surface area contributed by atoms with E-state index in [4.69, 9.17) is 0 Å². The lowest BCUT2D eigenvalue weighted by Gasteiger charge is -2.15. The SMILES string of the molecule is Cc1ccc(-n2c(SCC(=O)N3CCNC3=O)nc3ccccc3c2=O)cc1F. The Hall–Kier alpha value is -3.20. The Bertz CT molecular complexity index is 1190. The molecule has 0 bridgehead atoms. The second-order valence-electron chi connectivity index (χ2n) is 6.55. The number of imide groups is 1. The first-order chi connectivity index (χ1) is 14.0. The third-order valence-electron chi connectivity index (χ3n) is 4.64. The molecule has 29 heavy (non-hydrogen) atoms. The number of benzene rings is 2. The van der Waals surface area contributed by atoms with Gasteiger partial charge in [0.05, 0.1) is 22.3 Å². The molecule has 2 aromatic carbocycles. The van der Waals surface area contributed by atoms with E-state index < -0.39 is 11.8 Å². The van der Waals surface area contributed by atoms with Crippen LogP contribution in [0, 0.1) is 12.7 Å². The van der Waals surface area contributed by atoms with Gasteiger partial charge in [0, 0.05) is 13.1 Å². The highest BCUT2D eigenvalue weighted by Crippen LogP contribution is 2.23. The number of para-hydroxylation sites is 1. The Morgan fingerprint density at radius 2 is 2.03 bits per heavy atom. The van der Waals surface area contributed by atoms with Crippen molar-refractivity contribution in [3.05, 3.63) is 64.2 Å². The zero-order chi connectivity index (χ0) is 20.5. The van der Waals surface area contributed by atoms with Crippen molar-refractivity contribution < 1.29 is 14.0 Å². The molecule has 0 saturated carbocycles. The van der Waals surface area contributed by atoms with Gasteiger partial charge in [-0.3, -0.25) is 19.1 Å². The molecule has 3 amide bonds. The number of halogens is 1. The Morgan fingerprint density at radius 1 is 1.24 bits per heavy atom. The van der Waals surface area contributed by atoms with Gasteiger partial charge in [0.25, 0.3) is 5.56 Å². The van der Waals surface area contributed by atoms with Crippen LogP contribution < -0.4 is 10.9 Å². The van der Waals surface area contributed by atoms with Gasteiger partial charge >= 0.3 is 6.03 Å². The van der Waals surface area contributed by atoms with E-state index in [1.54, 1.807) is 43.3 Å². The molecule has 0 unspecified atom stereocenters.